The maximum absolute atomic E-state index is 5.87. The van der Waals surface area contributed by atoms with Gasteiger partial charge in [0.2, 0.25) is 0 Å². The Morgan fingerprint density at radius 2 is 2.25 bits per heavy atom. The van der Waals surface area contributed by atoms with Crippen LogP contribution in [-0.4, -0.2) is 4.98 Å². The minimum absolute atomic E-state index is 0.285. The summed E-state index contributed by atoms with van der Waals surface area (Å²) in [5.74, 6) is 2.18. The number of nitrogens with zero attached hydrogens (tertiary/aromatic N) is 1. The van der Waals surface area contributed by atoms with E-state index in [0.29, 0.717) is 6.04 Å². The summed E-state index contributed by atoms with van der Waals surface area (Å²) in [5, 5.41) is 6.93. The molecule has 108 valence electrons. The van der Waals surface area contributed by atoms with Crippen molar-refractivity contribution in [2.24, 2.45) is 5.41 Å². The van der Waals surface area contributed by atoms with E-state index in [1.807, 2.05) is 6.92 Å². The van der Waals surface area contributed by atoms with Crippen molar-refractivity contribution < 1.29 is 4.42 Å². The summed E-state index contributed by atoms with van der Waals surface area (Å²) >= 11 is 1.71. The van der Waals surface area contributed by atoms with Crippen LogP contribution in [0.25, 0.3) is 0 Å². The number of aromatic nitrogens is 1. The van der Waals surface area contributed by atoms with Crippen molar-refractivity contribution in [2.45, 2.75) is 53.1 Å². The maximum atomic E-state index is 5.87. The topological polar surface area (TPSA) is 38.1 Å². The number of nitrogens with one attached hydrogen (secondary N) is 1. The highest BCUT2D eigenvalue weighted by Crippen LogP contribution is 2.42. The molecule has 0 radical (unpaired) electrons. The molecule has 20 heavy (non-hydrogen) atoms. The van der Waals surface area contributed by atoms with E-state index in [9.17, 15) is 0 Å². The van der Waals surface area contributed by atoms with Gasteiger partial charge in [0.15, 0.2) is 0 Å². The summed E-state index contributed by atoms with van der Waals surface area (Å²) in [6.07, 6.45) is 2.17. The number of hydrogen-bond acceptors (Lipinski definition) is 4. The molecule has 0 fully saturated rings. The molecule has 0 saturated heterocycles. The summed E-state index contributed by atoms with van der Waals surface area (Å²) in [6, 6.07) is 2.56. The predicted octanol–water partition coefficient (Wildman–Crippen LogP) is 4.16. The van der Waals surface area contributed by atoms with Gasteiger partial charge in [-0.1, -0.05) is 13.8 Å². The van der Waals surface area contributed by atoms with Gasteiger partial charge < -0.3 is 9.73 Å². The van der Waals surface area contributed by atoms with Crippen molar-refractivity contribution in [2.75, 3.05) is 0 Å². The van der Waals surface area contributed by atoms with Crippen LogP contribution in [0.1, 0.15) is 54.1 Å². The summed E-state index contributed by atoms with van der Waals surface area (Å²) in [5.41, 5.74) is 2.76. The number of rotatable bonds is 3. The molecule has 0 aliphatic heterocycles. The van der Waals surface area contributed by atoms with Crippen molar-refractivity contribution in [3.05, 3.63) is 39.2 Å². The van der Waals surface area contributed by atoms with Gasteiger partial charge in [-0.05, 0) is 31.7 Å². The Bertz CT molecular complexity index is 612. The van der Waals surface area contributed by atoms with E-state index in [-0.39, 0.29) is 5.41 Å². The van der Waals surface area contributed by atoms with Crippen molar-refractivity contribution in [3.8, 4) is 0 Å². The highest BCUT2D eigenvalue weighted by molar-refractivity contribution is 7.09. The fourth-order valence-corrected chi connectivity index (χ4v) is 3.70. The van der Waals surface area contributed by atoms with Crippen molar-refractivity contribution in [3.63, 3.8) is 0 Å². The minimum atomic E-state index is 0.285. The fourth-order valence-electron chi connectivity index (χ4n) is 3.08. The molecule has 4 heteroatoms. The molecular weight excluding hydrogens is 268 g/mol. The fraction of sp³-hybridized carbons (Fsp3) is 0.562. The van der Waals surface area contributed by atoms with E-state index in [0.717, 1.165) is 41.6 Å². The Labute approximate surface area is 124 Å². The molecule has 3 rings (SSSR count). The zero-order chi connectivity index (χ0) is 14.3. The molecule has 0 bridgehead atoms. The first kappa shape index (κ1) is 13.8. The van der Waals surface area contributed by atoms with Crippen molar-refractivity contribution >= 4 is 11.3 Å². The van der Waals surface area contributed by atoms with Gasteiger partial charge in [0.25, 0.3) is 0 Å². The van der Waals surface area contributed by atoms with Gasteiger partial charge in [0, 0.05) is 30.0 Å². The molecule has 1 aliphatic rings. The van der Waals surface area contributed by atoms with Crippen LogP contribution in [0.2, 0.25) is 0 Å². The van der Waals surface area contributed by atoms with Crippen LogP contribution in [0.5, 0.6) is 0 Å². The average molecular weight is 290 g/mol. The lowest BCUT2D eigenvalue weighted by Gasteiger charge is -2.34. The predicted molar refractivity (Wildman–Crippen MR) is 82.0 cm³/mol. The second-order valence-corrected chi connectivity index (χ2v) is 7.63. The lowest BCUT2D eigenvalue weighted by Crippen LogP contribution is -2.32. The molecule has 0 aromatic carbocycles. The normalized spacial score (nSPS) is 20.9. The van der Waals surface area contributed by atoms with E-state index in [1.165, 1.54) is 5.56 Å². The Hall–Kier alpha value is -1.13. The van der Waals surface area contributed by atoms with Gasteiger partial charge in [0.05, 0.1) is 10.7 Å². The number of thiazole rings is 1. The quantitative estimate of drug-likeness (QED) is 0.922. The Morgan fingerprint density at radius 3 is 2.95 bits per heavy atom. The standard InChI is InChI=1S/C16H22N2OS/c1-10-5-13-14(6-16(3,4)7-15(13)19-10)17-8-12-9-20-11(2)18-12/h5,9,14,17H,6-8H2,1-4H3. The van der Waals surface area contributed by atoms with E-state index < -0.39 is 0 Å². The van der Waals surface area contributed by atoms with Gasteiger partial charge >= 0.3 is 0 Å². The SMILES string of the molecule is Cc1cc2c(o1)CC(C)(C)CC2NCc1csc(C)n1. The van der Waals surface area contributed by atoms with E-state index in [1.54, 1.807) is 11.3 Å². The second kappa shape index (κ2) is 5.01. The van der Waals surface area contributed by atoms with Gasteiger partial charge in [-0.15, -0.1) is 11.3 Å². The third-order valence-electron chi connectivity index (χ3n) is 3.93. The molecule has 0 amide bonds. The first-order chi connectivity index (χ1) is 9.43. The third kappa shape index (κ3) is 2.81. The molecule has 2 aromatic rings. The zero-order valence-electron chi connectivity index (χ0n) is 12.6. The van der Waals surface area contributed by atoms with Crippen LogP contribution in [0, 0.1) is 19.3 Å². The lowest BCUT2D eigenvalue weighted by atomic mass is 9.74. The minimum Gasteiger partial charge on any atom is -0.466 e. The van der Waals surface area contributed by atoms with Gasteiger partial charge in [-0.2, -0.15) is 0 Å². The first-order valence-corrected chi connectivity index (χ1v) is 8.04. The van der Waals surface area contributed by atoms with E-state index in [2.05, 4.69) is 42.5 Å². The maximum Gasteiger partial charge on any atom is 0.109 e. The summed E-state index contributed by atoms with van der Waals surface area (Å²) in [4.78, 5) is 4.53. The van der Waals surface area contributed by atoms with Crippen molar-refractivity contribution in [1.82, 2.24) is 10.3 Å². The molecule has 3 nitrogen and oxygen atoms in total. The van der Waals surface area contributed by atoms with Crippen LogP contribution in [0.4, 0.5) is 0 Å². The second-order valence-electron chi connectivity index (χ2n) is 6.57. The van der Waals surface area contributed by atoms with E-state index >= 15 is 0 Å². The molecule has 1 unspecified atom stereocenters. The van der Waals surface area contributed by atoms with Crippen LogP contribution in [-0.2, 0) is 13.0 Å². The number of hydrogen-bond donors (Lipinski definition) is 1. The third-order valence-corrected chi connectivity index (χ3v) is 4.75. The summed E-state index contributed by atoms with van der Waals surface area (Å²) in [7, 11) is 0. The van der Waals surface area contributed by atoms with E-state index in [4.69, 9.17) is 4.42 Å². The highest BCUT2D eigenvalue weighted by Gasteiger charge is 2.34. The molecule has 1 N–H and O–H groups in total. The number of fused-ring (bicyclic) bond motifs is 1. The number of aryl methyl sites for hydroxylation is 2. The molecule has 2 aromatic heterocycles. The monoisotopic (exact) mass is 290 g/mol. The Balaban J connectivity index is 1.78. The average Bonchev–Trinajstić information content (AvgIpc) is 2.90. The Morgan fingerprint density at radius 1 is 1.45 bits per heavy atom. The largest absolute Gasteiger partial charge is 0.466 e. The summed E-state index contributed by atoms with van der Waals surface area (Å²) < 4.78 is 5.87. The highest BCUT2D eigenvalue weighted by atomic mass is 32.1. The molecule has 1 aliphatic carbocycles. The first-order valence-electron chi connectivity index (χ1n) is 7.16. The van der Waals surface area contributed by atoms with Gasteiger partial charge in [-0.25, -0.2) is 4.98 Å². The van der Waals surface area contributed by atoms with Crippen LogP contribution in [0.3, 0.4) is 0 Å². The Kier molecular flexibility index (Phi) is 3.46. The van der Waals surface area contributed by atoms with Gasteiger partial charge in [-0.3, -0.25) is 0 Å². The van der Waals surface area contributed by atoms with Crippen LogP contribution < -0.4 is 5.32 Å². The summed E-state index contributed by atoms with van der Waals surface area (Å²) in [6.45, 7) is 9.54. The molecular formula is C16H22N2OS. The van der Waals surface area contributed by atoms with Crippen LogP contribution in [0.15, 0.2) is 15.9 Å². The molecule has 1 atom stereocenters. The van der Waals surface area contributed by atoms with Gasteiger partial charge in [0.1, 0.15) is 11.5 Å². The smallest absolute Gasteiger partial charge is 0.109 e. The lowest BCUT2D eigenvalue weighted by molar-refractivity contribution is 0.233. The van der Waals surface area contributed by atoms with Crippen molar-refractivity contribution in [1.29, 1.82) is 0 Å². The molecule has 2 heterocycles. The zero-order valence-corrected chi connectivity index (χ0v) is 13.4. The van der Waals surface area contributed by atoms with Crippen LogP contribution >= 0.6 is 11.3 Å². The molecule has 0 spiro atoms. The molecule has 0 saturated carbocycles. The number of furan rings is 1.